The molecule has 1 spiro atoms. The van der Waals surface area contributed by atoms with E-state index < -0.39 is 0 Å². The summed E-state index contributed by atoms with van der Waals surface area (Å²) >= 11 is 5.87. The predicted molar refractivity (Wildman–Crippen MR) is 133 cm³/mol. The van der Waals surface area contributed by atoms with E-state index in [0.29, 0.717) is 35.4 Å². The number of amides is 1. The number of hydrogen-bond acceptors (Lipinski definition) is 6. The summed E-state index contributed by atoms with van der Waals surface area (Å²) in [6.07, 6.45) is 9.48. The number of rotatable bonds is 8. The van der Waals surface area contributed by atoms with Crippen molar-refractivity contribution in [1.82, 2.24) is 14.9 Å². The molecule has 2 aliphatic heterocycles. The van der Waals surface area contributed by atoms with E-state index >= 15 is 0 Å². The van der Waals surface area contributed by atoms with Gasteiger partial charge in [0.1, 0.15) is 11.6 Å². The van der Waals surface area contributed by atoms with Crippen molar-refractivity contribution < 1.29 is 13.9 Å². The molecule has 2 aromatic rings. The molecule has 7 nitrogen and oxygen atoms in total. The van der Waals surface area contributed by atoms with Crippen molar-refractivity contribution in [2.75, 3.05) is 37.7 Å². The van der Waals surface area contributed by atoms with Crippen LogP contribution in [-0.2, 0) is 11.2 Å². The first kappa shape index (κ1) is 24.3. The second-order valence-electron chi connectivity index (χ2n) is 10.3. The van der Waals surface area contributed by atoms with Gasteiger partial charge in [0.05, 0.1) is 30.4 Å². The average molecular weight is 502 g/mol. The lowest BCUT2D eigenvalue weighted by Crippen LogP contribution is -2.34. The van der Waals surface area contributed by atoms with Crippen molar-refractivity contribution in [3.63, 3.8) is 0 Å². The highest BCUT2D eigenvalue weighted by atomic mass is 35.5. The monoisotopic (exact) mass is 501 g/mol. The summed E-state index contributed by atoms with van der Waals surface area (Å²) in [5, 5.41) is 0.547. The molecule has 3 aliphatic rings. The van der Waals surface area contributed by atoms with Gasteiger partial charge in [0.15, 0.2) is 0 Å². The number of nitrogens with zero attached hydrogens (tertiary/aromatic N) is 4. The smallest absolute Gasteiger partial charge is 0.227 e. The third kappa shape index (κ3) is 5.70. The largest absolute Gasteiger partial charge is 0.493 e. The van der Waals surface area contributed by atoms with Crippen LogP contribution in [0.25, 0.3) is 0 Å². The summed E-state index contributed by atoms with van der Waals surface area (Å²) in [7, 11) is 0. The SMILES string of the molecule is NC1CC12CCN(C(=O)Cc1ccc(OCCCC3CCN(c4ncc(Cl)cn4)CC3)cc1F)C2. The number of nitrogens with two attached hydrogens (primary N) is 1. The van der Waals surface area contributed by atoms with Gasteiger partial charge in [-0.3, -0.25) is 4.79 Å². The van der Waals surface area contributed by atoms with Crippen molar-refractivity contribution >= 4 is 23.5 Å². The molecule has 2 unspecified atom stereocenters. The maximum Gasteiger partial charge on any atom is 0.227 e. The van der Waals surface area contributed by atoms with Gasteiger partial charge in [-0.2, -0.15) is 0 Å². The zero-order valence-corrected chi connectivity index (χ0v) is 20.7. The van der Waals surface area contributed by atoms with E-state index in [0.717, 1.165) is 64.1 Å². The van der Waals surface area contributed by atoms with Crippen LogP contribution in [-0.4, -0.2) is 59.6 Å². The van der Waals surface area contributed by atoms with Gasteiger partial charge in [0, 0.05) is 43.7 Å². The number of aromatic nitrogens is 2. The molecule has 1 amide bonds. The Morgan fingerprint density at radius 2 is 1.97 bits per heavy atom. The predicted octanol–water partition coefficient (Wildman–Crippen LogP) is 3.84. The third-order valence-corrected chi connectivity index (χ3v) is 8.08. The molecule has 9 heteroatoms. The lowest BCUT2D eigenvalue weighted by atomic mass is 9.92. The molecule has 1 aromatic carbocycles. The minimum Gasteiger partial charge on any atom is -0.493 e. The van der Waals surface area contributed by atoms with Gasteiger partial charge in [-0.25, -0.2) is 14.4 Å². The summed E-state index contributed by atoms with van der Waals surface area (Å²) < 4.78 is 20.4. The van der Waals surface area contributed by atoms with Crippen LogP contribution in [0.2, 0.25) is 5.02 Å². The molecule has 1 aliphatic carbocycles. The lowest BCUT2D eigenvalue weighted by Gasteiger charge is -2.31. The Labute approximate surface area is 210 Å². The number of ether oxygens (including phenoxy) is 1. The maximum absolute atomic E-state index is 14.6. The lowest BCUT2D eigenvalue weighted by molar-refractivity contribution is -0.129. The molecular formula is C26H33ClFN5O2. The van der Waals surface area contributed by atoms with Gasteiger partial charge in [-0.1, -0.05) is 17.7 Å². The van der Waals surface area contributed by atoms with Crippen molar-refractivity contribution in [3.05, 3.63) is 47.0 Å². The van der Waals surface area contributed by atoms with Crippen LogP contribution in [0.15, 0.2) is 30.6 Å². The molecule has 188 valence electrons. The first-order valence-corrected chi connectivity index (χ1v) is 13.0. The van der Waals surface area contributed by atoms with Crippen LogP contribution in [0.3, 0.4) is 0 Å². The standard InChI is InChI=1S/C26H33ClFN5O2/c27-20-15-30-25(31-16-20)32-8-5-18(6-9-32)2-1-11-35-21-4-3-19(22(28)13-21)12-24(34)33-10-7-26(17-33)14-23(26)29/h3-4,13,15-16,18,23H,1-2,5-12,14,17,29H2. The molecule has 35 heavy (non-hydrogen) atoms. The Hall–Kier alpha value is -2.45. The average Bonchev–Trinajstić information content (AvgIpc) is 3.27. The quantitative estimate of drug-likeness (QED) is 0.553. The van der Waals surface area contributed by atoms with E-state index in [9.17, 15) is 9.18 Å². The van der Waals surface area contributed by atoms with E-state index in [-0.39, 0.29) is 29.6 Å². The highest BCUT2D eigenvalue weighted by Gasteiger charge is 2.56. The second kappa shape index (κ2) is 10.3. The highest BCUT2D eigenvalue weighted by Crippen LogP contribution is 2.51. The van der Waals surface area contributed by atoms with Crippen molar-refractivity contribution in [2.45, 2.75) is 51.0 Å². The molecule has 2 atom stereocenters. The molecule has 3 heterocycles. The number of hydrogen-bond donors (Lipinski definition) is 1. The molecule has 2 N–H and O–H groups in total. The van der Waals surface area contributed by atoms with Crippen LogP contribution < -0.4 is 15.4 Å². The van der Waals surface area contributed by atoms with Gasteiger partial charge < -0.3 is 20.3 Å². The first-order chi connectivity index (χ1) is 16.9. The number of piperidine rings is 1. The third-order valence-electron chi connectivity index (χ3n) is 7.89. The van der Waals surface area contributed by atoms with Crippen LogP contribution in [0.5, 0.6) is 5.75 Å². The number of carbonyl (C=O) groups is 1. The van der Waals surface area contributed by atoms with Crippen LogP contribution in [0.1, 0.15) is 44.1 Å². The Kier molecular flexibility index (Phi) is 7.12. The summed E-state index contributed by atoms with van der Waals surface area (Å²) in [5.74, 6) is 1.48. The number of benzene rings is 1. The second-order valence-corrected chi connectivity index (χ2v) is 10.7. The van der Waals surface area contributed by atoms with Crippen molar-refractivity contribution in [2.24, 2.45) is 17.1 Å². The van der Waals surface area contributed by atoms with E-state index in [4.69, 9.17) is 22.1 Å². The minimum atomic E-state index is -0.385. The van der Waals surface area contributed by atoms with Gasteiger partial charge >= 0.3 is 0 Å². The number of halogens is 2. The van der Waals surface area contributed by atoms with Gasteiger partial charge in [0.25, 0.3) is 0 Å². The number of likely N-dealkylation sites (tertiary alicyclic amines) is 1. The summed E-state index contributed by atoms with van der Waals surface area (Å²) in [5.41, 5.74) is 6.57. The summed E-state index contributed by atoms with van der Waals surface area (Å²) in [6, 6.07) is 5.05. The summed E-state index contributed by atoms with van der Waals surface area (Å²) in [4.78, 5) is 25.3. The molecule has 3 fully saturated rings. The molecule has 0 bridgehead atoms. The molecule has 5 rings (SSSR count). The Balaban J connectivity index is 1.01. The topological polar surface area (TPSA) is 84.6 Å². The zero-order chi connectivity index (χ0) is 24.4. The normalized spacial score (nSPS) is 24.3. The number of anilines is 1. The fraction of sp³-hybridized carbons (Fsp3) is 0.577. The fourth-order valence-electron chi connectivity index (χ4n) is 5.45. The first-order valence-electron chi connectivity index (χ1n) is 12.6. The Bertz CT molecular complexity index is 1050. The molecule has 1 saturated carbocycles. The zero-order valence-electron chi connectivity index (χ0n) is 20.0. The molecular weight excluding hydrogens is 469 g/mol. The highest BCUT2D eigenvalue weighted by molar-refractivity contribution is 6.30. The van der Waals surface area contributed by atoms with Gasteiger partial charge in [-0.05, 0) is 56.1 Å². The van der Waals surface area contributed by atoms with Crippen LogP contribution in [0, 0.1) is 17.2 Å². The van der Waals surface area contributed by atoms with Crippen LogP contribution in [0.4, 0.5) is 10.3 Å². The summed E-state index contributed by atoms with van der Waals surface area (Å²) in [6.45, 7) is 3.86. The Morgan fingerprint density at radius 3 is 2.63 bits per heavy atom. The van der Waals surface area contributed by atoms with Crippen LogP contribution >= 0.6 is 11.6 Å². The van der Waals surface area contributed by atoms with Crippen molar-refractivity contribution in [1.29, 1.82) is 0 Å². The van der Waals surface area contributed by atoms with Gasteiger partial charge in [0.2, 0.25) is 11.9 Å². The van der Waals surface area contributed by atoms with E-state index in [1.54, 1.807) is 24.5 Å². The maximum atomic E-state index is 14.6. The fourth-order valence-corrected chi connectivity index (χ4v) is 5.54. The number of carbonyl (C=O) groups excluding carboxylic acids is 1. The van der Waals surface area contributed by atoms with Gasteiger partial charge in [-0.15, -0.1) is 0 Å². The minimum absolute atomic E-state index is 0.0257. The molecule has 1 aromatic heterocycles. The van der Waals surface area contributed by atoms with E-state index in [2.05, 4.69) is 14.9 Å². The molecule has 2 saturated heterocycles. The Morgan fingerprint density at radius 1 is 1.23 bits per heavy atom. The molecule has 0 radical (unpaired) electrons. The van der Waals surface area contributed by atoms with E-state index in [1.807, 2.05) is 4.90 Å². The van der Waals surface area contributed by atoms with E-state index in [1.165, 1.54) is 6.07 Å². The van der Waals surface area contributed by atoms with Crippen molar-refractivity contribution in [3.8, 4) is 5.75 Å².